The molecule has 1 fully saturated rings. The van der Waals surface area contributed by atoms with E-state index in [4.69, 9.17) is 5.11 Å². The SMILES string of the molecule is CC(C)(C)[S+]([O-])N[C@@H](c1ccccc1Br)C1CCN(C(=O)O)CC1. The van der Waals surface area contributed by atoms with Crippen LogP contribution in [0.1, 0.15) is 45.2 Å². The molecule has 0 aliphatic carbocycles. The predicted octanol–water partition coefficient (Wildman–Crippen LogP) is 3.93. The van der Waals surface area contributed by atoms with Crippen molar-refractivity contribution in [3.8, 4) is 0 Å². The molecule has 2 rings (SSSR count). The molecule has 24 heavy (non-hydrogen) atoms. The Kier molecular flexibility index (Phi) is 6.59. The van der Waals surface area contributed by atoms with Crippen LogP contribution >= 0.6 is 15.9 Å². The fraction of sp³-hybridized carbons (Fsp3) is 0.588. The van der Waals surface area contributed by atoms with Crippen LogP contribution in [0.25, 0.3) is 0 Å². The van der Waals surface area contributed by atoms with Crippen LogP contribution in [0.2, 0.25) is 0 Å². The highest BCUT2D eigenvalue weighted by molar-refractivity contribution is 9.10. The summed E-state index contributed by atoms with van der Waals surface area (Å²) in [5, 5.41) is 9.13. The van der Waals surface area contributed by atoms with Crippen LogP contribution < -0.4 is 4.72 Å². The quantitative estimate of drug-likeness (QED) is 0.728. The van der Waals surface area contributed by atoms with Gasteiger partial charge in [-0.1, -0.05) is 34.1 Å². The largest absolute Gasteiger partial charge is 0.598 e. The molecule has 1 aliphatic rings. The van der Waals surface area contributed by atoms with E-state index in [1.807, 2.05) is 45.0 Å². The van der Waals surface area contributed by atoms with Crippen molar-refractivity contribution < 1.29 is 14.5 Å². The zero-order chi connectivity index (χ0) is 17.9. The van der Waals surface area contributed by atoms with Crippen LogP contribution in [0.4, 0.5) is 4.79 Å². The zero-order valence-corrected chi connectivity index (χ0v) is 16.7. The van der Waals surface area contributed by atoms with Gasteiger partial charge in [0.25, 0.3) is 0 Å². The molecular weight excluding hydrogens is 392 g/mol. The summed E-state index contributed by atoms with van der Waals surface area (Å²) in [5.41, 5.74) is 1.07. The predicted molar refractivity (Wildman–Crippen MR) is 100 cm³/mol. The number of hydrogen-bond acceptors (Lipinski definition) is 3. The first-order valence-electron chi connectivity index (χ1n) is 8.10. The van der Waals surface area contributed by atoms with Crippen molar-refractivity contribution >= 4 is 33.4 Å². The molecule has 0 bridgehead atoms. The van der Waals surface area contributed by atoms with Gasteiger partial charge < -0.3 is 14.6 Å². The Morgan fingerprint density at radius 1 is 1.38 bits per heavy atom. The molecule has 1 saturated heterocycles. The third kappa shape index (κ3) is 4.88. The molecule has 0 aromatic heterocycles. The number of hydrogen-bond donors (Lipinski definition) is 2. The van der Waals surface area contributed by atoms with E-state index in [-0.39, 0.29) is 16.7 Å². The normalized spacial score (nSPS) is 19.1. The van der Waals surface area contributed by atoms with Crippen LogP contribution in [-0.4, -0.2) is 38.5 Å². The molecule has 1 amide bonds. The van der Waals surface area contributed by atoms with Gasteiger partial charge >= 0.3 is 6.09 Å². The Bertz CT molecular complexity index is 571. The molecule has 5 nitrogen and oxygen atoms in total. The molecule has 0 radical (unpaired) electrons. The number of nitrogens with one attached hydrogen (secondary N) is 1. The molecule has 1 aromatic rings. The van der Waals surface area contributed by atoms with Gasteiger partial charge in [-0.05, 0) is 51.2 Å². The Morgan fingerprint density at radius 3 is 2.46 bits per heavy atom. The van der Waals surface area contributed by atoms with E-state index in [0.717, 1.165) is 22.9 Å². The van der Waals surface area contributed by atoms with E-state index in [9.17, 15) is 9.35 Å². The standard InChI is InChI=1S/C17H25BrN2O3S/c1-17(2,3)24(23)19-15(13-6-4-5-7-14(13)18)12-8-10-20(11-9-12)16(21)22/h4-7,12,15,19H,8-11H2,1-3H3,(H,21,22)/t15-,24?/m1/s1. The first-order valence-corrected chi connectivity index (χ1v) is 10.0. The van der Waals surface area contributed by atoms with Crippen molar-refractivity contribution in [2.75, 3.05) is 13.1 Å². The van der Waals surface area contributed by atoms with Crippen LogP contribution in [-0.2, 0) is 11.4 Å². The average Bonchev–Trinajstić information content (AvgIpc) is 2.52. The van der Waals surface area contributed by atoms with Gasteiger partial charge in [-0.2, -0.15) is 0 Å². The highest BCUT2D eigenvalue weighted by atomic mass is 79.9. The molecule has 0 spiro atoms. The zero-order valence-electron chi connectivity index (χ0n) is 14.3. The highest BCUT2D eigenvalue weighted by Gasteiger charge is 2.36. The first-order chi connectivity index (χ1) is 11.2. The summed E-state index contributed by atoms with van der Waals surface area (Å²) in [7, 11) is 0. The summed E-state index contributed by atoms with van der Waals surface area (Å²) in [6.07, 6.45) is 0.649. The lowest BCUT2D eigenvalue weighted by atomic mass is 9.86. The number of carboxylic acid groups (broad SMARTS) is 1. The minimum absolute atomic E-state index is 0.0726. The van der Waals surface area contributed by atoms with E-state index >= 15 is 0 Å². The Hall–Kier alpha value is -0.760. The monoisotopic (exact) mass is 416 g/mol. The molecule has 1 aromatic carbocycles. The molecule has 1 heterocycles. The second kappa shape index (κ2) is 8.08. The van der Waals surface area contributed by atoms with Gasteiger partial charge in [0.05, 0.1) is 6.04 Å². The number of nitrogens with zero attached hydrogens (tertiary/aromatic N) is 1. The second-order valence-electron chi connectivity index (χ2n) is 7.11. The van der Waals surface area contributed by atoms with Crippen molar-refractivity contribution in [2.24, 2.45) is 5.92 Å². The molecule has 134 valence electrons. The van der Waals surface area contributed by atoms with Gasteiger partial charge in [-0.3, -0.25) is 0 Å². The van der Waals surface area contributed by atoms with Crippen LogP contribution in [0, 0.1) is 5.92 Å². The van der Waals surface area contributed by atoms with E-state index in [0.29, 0.717) is 13.1 Å². The summed E-state index contributed by atoms with van der Waals surface area (Å²) in [5.74, 6) is 0.241. The summed E-state index contributed by atoms with van der Waals surface area (Å²) < 4.78 is 16.6. The number of halogens is 1. The third-order valence-corrected chi connectivity index (χ3v) is 6.61. The van der Waals surface area contributed by atoms with Crippen molar-refractivity contribution in [1.29, 1.82) is 0 Å². The fourth-order valence-electron chi connectivity index (χ4n) is 2.86. The van der Waals surface area contributed by atoms with Gasteiger partial charge in [0.1, 0.15) is 4.75 Å². The molecule has 2 atom stereocenters. The highest BCUT2D eigenvalue weighted by Crippen LogP contribution is 2.36. The van der Waals surface area contributed by atoms with Crippen molar-refractivity contribution in [2.45, 2.75) is 44.4 Å². The van der Waals surface area contributed by atoms with E-state index < -0.39 is 17.5 Å². The van der Waals surface area contributed by atoms with Crippen LogP contribution in [0.3, 0.4) is 0 Å². The van der Waals surface area contributed by atoms with Gasteiger partial charge in [0.2, 0.25) is 0 Å². The minimum atomic E-state index is -1.20. The topological polar surface area (TPSA) is 75.6 Å². The lowest BCUT2D eigenvalue weighted by Crippen LogP contribution is -2.46. The van der Waals surface area contributed by atoms with Gasteiger partial charge in [0.15, 0.2) is 0 Å². The molecule has 2 N–H and O–H groups in total. The lowest BCUT2D eigenvalue weighted by molar-refractivity contribution is 0.118. The number of rotatable bonds is 4. The maximum Gasteiger partial charge on any atom is 0.407 e. The van der Waals surface area contributed by atoms with Gasteiger partial charge in [-0.15, -0.1) is 4.72 Å². The van der Waals surface area contributed by atoms with E-state index in [1.165, 1.54) is 4.90 Å². The van der Waals surface area contributed by atoms with Crippen molar-refractivity contribution in [3.05, 3.63) is 34.3 Å². The summed E-state index contributed by atoms with van der Waals surface area (Å²) >= 11 is 2.40. The van der Waals surface area contributed by atoms with E-state index in [2.05, 4.69) is 20.7 Å². The average molecular weight is 417 g/mol. The van der Waals surface area contributed by atoms with Gasteiger partial charge in [-0.25, -0.2) is 4.79 Å². The van der Waals surface area contributed by atoms with E-state index in [1.54, 1.807) is 0 Å². The first kappa shape index (κ1) is 19.6. The molecule has 1 unspecified atom stereocenters. The Labute approximate surface area is 155 Å². The molecule has 7 heteroatoms. The Morgan fingerprint density at radius 2 is 1.96 bits per heavy atom. The van der Waals surface area contributed by atoms with Crippen molar-refractivity contribution in [1.82, 2.24) is 9.62 Å². The maximum atomic E-state index is 12.7. The van der Waals surface area contributed by atoms with Crippen LogP contribution in [0.15, 0.2) is 28.7 Å². The summed E-state index contributed by atoms with van der Waals surface area (Å²) in [6, 6.07) is 7.87. The summed E-state index contributed by atoms with van der Waals surface area (Å²) in [4.78, 5) is 12.6. The smallest absolute Gasteiger partial charge is 0.407 e. The molecular formula is C17H25BrN2O3S. The maximum absolute atomic E-state index is 12.7. The van der Waals surface area contributed by atoms with Crippen LogP contribution in [0.5, 0.6) is 0 Å². The third-order valence-electron chi connectivity index (χ3n) is 4.31. The molecule has 1 aliphatic heterocycles. The fourth-order valence-corrected chi connectivity index (χ4v) is 4.29. The summed E-state index contributed by atoms with van der Waals surface area (Å²) in [6.45, 7) is 6.87. The lowest BCUT2D eigenvalue weighted by Gasteiger charge is -2.37. The number of amides is 1. The Balaban J connectivity index is 2.21. The van der Waals surface area contributed by atoms with Gasteiger partial charge in [0, 0.05) is 28.9 Å². The minimum Gasteiger partial charge on any atom is -0.598 e. The molecule has 0 saturated carbocycles. The number of benzene rings is 1. The van der Waals surface area contributed by atoms with Crippen molar-refractivity contribution in [3.63, 3.8) is 0 Å². The second-order valence-corrected chi connectivity index (χ2v) is 9.96. The number of likely N-dealkylation sites (tertiary alicyclic amines) is 1. The number of piperidine rings is 1. The number of carbonyl (C=O) groups is 1.